The average Bonchev–Trinajstić information content (AvgIpc) is 2.54. The number of hydrogen-bond donors (Lipinski definition) is 2. The monoisotopic (exact) mass is 552 g/mol. The van der Waals surface area contributed by atoms with E-state index in [1.54, 1.807) is 0 Å². The Morgan fingerprint density at radius 2 is 1.38 bits per heavy atom. The zero-order chi connectivity index (χ0) is 19.2. The number of carbonyl (C=O) groups is 2. The summed E-state index contributed by atoms with van der Waals surface area (Å²) in [4.78, 5) is 23.3. The van der Waals surface area contributed by atoms with Gasteiger partial charge in [-0.3, -0.25) is 0 Å². The molecule has 7 nitrogen and oxygen atoms in total. The van der Waals surface area contributed by atoms with E-state index in [4.69, 9.17) is 11.5 Å². The van der Waals surface area contributed by atoms with Gasteiger partial charge in [0.25, 0.3) is 0 Å². The van der Waals surface area contributed by atoms with Gasteiger partial charge in [0.15, 0.2) is 0 Å². The van der Waals surface area contributed by atoms with E-state index >= 15 is 0 Å². The Balaban J connectivity index is 0. The van der Waals surface area contributed by atoms with Crippen LogP contribution >= 0.6 is 0 Å². The maximum Gasteiger partial charge on any atom is 2.00 e. The molecule has 1 aliphatic carbocycles. The van der Waals surface area contributed by atoms with E-state index in [0.717, 1.165) is 45.3 Å². The second-order valence-electron chi connectivity index (χ2n) is 6.79. The van der Waals surface area contributed by atoms with E-state index in [0.29, 0.717) is 6.42 Å². The molecule has 2 unspecified atom stereocenters. The minimum absolute atomic E-state index is 0. The summed E-state index contributed by atoms with van der Waals surface area (Å²) in [7, 11) is 0. The molecule has 0 saturated heterocycles. The first-order chi connectivity index (χ1) is 11.8. The number of carbonyl (C=O) groups excluding carboxylic acids is 2. The van der Waals surface area contributed by atoms with Crippen LogP contribution in [0, 0.1) is 5.92 Å². The Kier molecular flexibility index (Phi) is 17.8. The number of carboxylic acid groups (broad SMARTS) is 2. The SMILES string of the molecule is CCCN(CCC)CCCC(C(=O)[O-])C(=O)[O-].NC1CCCCC1N.[Pt+2]. The third-order valence-electron chi connectivity index (χ3n) is 4.49. The van der Waals surface area contributed by atoms with Crippen molar-refractivity contribution in [3.63, 3.8) is 0 Å². The summed E-state index contributed by atoms with van der Waals surface area (Å²) in [5, 5.41) is 21.0. The maximum absolute atomic E-state index is 10.5. The summed E-state index contributed by atoms with van der Waals surface area (Å²) < 4.78 is 0. The Labute approximate surface area is 172 Å². The smallest absolute Gasteiger partial charge is 0.549 e. The van der Waals surface area contributed by atoms with E-state index in [2.05, 4.69) is 18.7 Å². The summed E-state index contributed by atoms with van der Waals surface area (Å²) in [6.07, 6.45) is 7.47. The topological polar surface area (TPSA) is 136 Å². The van der Waals surface area contributed by atoms with Crippen molar-refractivity contribution in [3.05, 3.63) is 0 Å². The molecular formula is C18H35N3O4Pt. The fraction of sp³-hybridized carbons (Fsp3) is 0.889. The van der Waals surface area contributed by atoms with Crippen molar-refractivity contribution < 1.29 is 40.9 Å². The molecule has 1 fully saturated rings. The van der Waals surface area contributed by atoms with Crippen LogP contribution in [-0.2, 0) is 30.7 Å². The van der Waals surface area contributed by atoms with Crippen molar-refractivity contribution in [2.75, 3.05) is 19.6 Å². The first-order valence-corrected chi connectivity index (χ1v) is 9.48. The molecule has 1 aliphatic rings. The Bertz CT molecular complexity index is 355. The second-order valence-corrected chi connectivity index (χ2v) is 6.79. The molecule has 0 amide bonds. The second kappa shape index (κ2) is 16.7. The molecule has 0 aromatic heterocycles. The van der Waals surface area contributed by atoms with Crippen LogP contribution in [0.4, 0.5) is 0 Å². The minimum atomic E-state index is -1.55. The number of hydrogen-bond acceptors (Lipinski definition) is 7. The first kappa shape index (κ1) is 27.7. The minimum Gasteiger partial charge on any atom is -0.549 e. The summed E-state index contributed by atoms with van der Waals surface area (Å²) in [6.45, 7) is 6.78. The molecule has 4 N–H and O–H groups in total. The van der Waals surface area contributed by atoms with Crippen molar-refractivity contribution in [2.45, 2.75) is 77.3 Å². The van der Waals surface area contributed by atoms with Gasteiger partial charge in [0, 0.05) is 18.0 Å². The van der Waals surface area contributed by atoms with Gasteiger partial charge in [0.05, 0.1) is 11.9 Å². The predicted molar refractivity (Wildman–Crippen MR) is 94.2 cm³/mol. The number of nitrogens with two attached hydrogens (primary N) is 2. The molecule has 1 saturated carbocycles. The standard InChI is InChI=1S/C12H23NO4.C6H14N2.Pt/c1-3-7-13(8-4-2)9-5-6-10(11(14)15)12(16)17;7-5-3-1-2-4-6(5)8;/h10H,3-9H2,1-2H3,(H,14,15)(H,16,17);5-6H,1-4,7-8H2;/q;;+2/p-2. The van der Waals surface area contributed by atoms with Gasteiger partial charge in [-0.2, -0.15) is 0 Å². The van der Waals surface area contributed by atoms with Gasteiger partial charge >= 0.3 is 21.1 Å². The summed E-state index contributed by atoms with van der Waals surface area (Å²) in [5.74, 6) is -4.59. The maximum atomic E-state index is 10.5. The normalized spacial score (nSPS) is 19.5. The van der Waals surface area contributed by atoms with Gasteiger partial charge in [-0.15, -0.1) is 0 Å². The molecule has 0 spiro atoms. The van der Waals surface area contributed by atoms with Gasteiger partial charge in [0.2, 0.25) is 0 Å². The molecule has 0 bridgehead atoms. The fourth-order valence-electron chi connectivity index (χ4n) is 3.01. The van der Waals surface area contributed by atoms with Gasteiger partial charge < -0.3 is 36.2 Å². The molecular weight excluding hydrogens is 517 g/mol. The third-order valence-corrected chi connectivity index (χ3v) is 4.49. The van der Waals surface area contributed by atoms with Crippen molar-refractivity contribution in [3.8, 4) is 0 Å². The van der Waals surface area contributed by atoms with Crippen LogP contribution in [0.15, 0.2) is 0 Å². The predicted octanol–water partition coefficient (Wildman–Crippen LogP) is -0.783. The number of aliphatic carboxylic acids is 2. The van der Waals surface area contributed by atoms with Crippen molar-refractivity contribution in [2.24, 2.45) is 17.4 Å². The molecule has 2 atom stereocenters. The molecule has 0 aromatic carbocycles. The number of nitrogens with zero attached hydrogens (tertiary/aromatic N) is 1. The van der Waals surface area contributed by atoms with Crippen LogP contribution in [0.2, 0.25) is 0 Å². The van der Waals surface area contributed by atoms with E-state index in [-0.39, 0.29) is 39.6 Å². The fourth-order valence-corrected chi connectivity index (χ4v) is 3.01. The summed E-state index contributed by atoms with van der Waals surface area (Å²) in [6, 6.07) is 0.562. The van der Waals surface area contributed by atoms with Crippen LogP contribution < -0.4 is 21.7 Å². The van der Waals surface area contributed by atoms with Gasteiger partial charge in [-0.05, 0) is 58.2 Å². The molecule has 0 aromatic rings. The van der Waals surface area contributed by atoms with Crippen molar-refractivity contribution in [1.29, 1.82) is 0 Å². The quantitative estimate of drug-likeness (QED) is 0.340. The zero-order valence-corrected chi connectivity index (χ0v) is 18.3. The molecule has 156 valence electrons. The van der Waals surface area contributed by atoms with Crippen LogP contribution in [0.3, 0.4) is 0 Å². The number of carboxylic acids is 2. The molecule has 8 heteroatoms. The van der Waals surface area contributed by atoms with Crippen LogP contribution in [0.25, 0.3) is 0 Å². The van der Waals surface area contributed by atoms with Crippen molar-refractivity contribution in [1.82, 2.24) is 4.90 Å². The van der Waals surface area contributed by atoms with Crippen LogP contribution in [-0.4, -0.2) is 48.6 Å². The molecule has 1 rings (SSSR count). The van der Waals surface area contributed by atoms with E-state index < -0.39 is 17.9 Å². The van der Waals surface area contributed by atoms with Crippen LogP contribution in [0.5, 0.6) is 0 Å². The largest absolute Gasteiger partial charge is 2.00 e. The van der Waals surface area contributed by atoms with E-state index in [1.807, 2.05) is 0 Å². The Morgan fingerprint density at radius 1 is 0.962 bits per heavy atom. The van der Waals surface area contributed by atoms with E-state index in [9.17, 15) is 19.8 Å². The van der Waals surface area contributed by atoms with Gasteiger partial charge in [-0.25, -0.2) is 0 Å². The Morgan fingerprint density at radius 3 is 1.69 bits per heavy atom. The zero-order valence-electron chi connectivity index (χ0n) is 16.1. The number of rotatable bonds is 10. The van der Waals surface area contributed by atoms with Crippen LogP contribution in [0.1, 0.15) is 65.2 Å². The summed E-state index contributed by atoms with van der Waals surface area (Å²) >= 11 is 0. The van der Waals surface area contributed by atoms with Gasteiger partial charge in [-0.1, -0.05) is 26.7 Å². The molecule has 0 radical (unpaired) electrons. The summed E-state index contributed by atoms with van der Waals surface area (Å²) in [5.41, 5.74) is 11.3. The van der Waals surface area contributed by atoms with Gasteiger partial charge in [0.1, 0.15) is 0 Å². The molecule has 0 aliphatic heterocycles. The average molecular weight is 553 g/mol. The Hall–Kier alpha value is -0.492. The molecule has 0 heterocycles. The van der Waals surface area contributed by atoms with E-state index in [1.165, 1.54) is 12.8 Å². The first-order valence-electron chi connectivity index (χ1n) is 9.48. The van der Waals surface area contributed by atoms with Crippen molar-refractivity contribution >= 4 is 11.9 Å². The third kappa shape index (κ3) is 12.8. The molecule has 26 heavy (non-hydrogen) atoms.